The summed E-state index contributed by atoms with van der Waals surface area (Å²) < 4.78 is 42.8. The Hall–Kier alpha value is -0.975. The molecule has 0 amide bonds. The molecule has 0 aromatic carbocycles. The molecule has 0 aliphatic heterocycles. The molecule has 7 heteroatoms. The summed E-state index contributed by atoms with van der Waals surface area (Å²) in [6, 6.07) is 0. The lowest BCUT2D eigenvalue weighted by Gasteiger charge is -2.14. The summed E-state index contributed by atoms with van der Waals surface area (Å²) in [6.45, 7) is -5.06. The van der Waals surface area contributed by atoms with Gasteiger partial charge in [0.25, 0.3) is 0 Å². The summed E-state index contributed by atoms with van der Waals surface area (Å²) in [6.07, 6.45) is 0.828. The van der Waals surface area contributed by atoms with Gasteiger partial charge in [-0.1, -0.05) is 5.46 Å². The highest BCUT2D eigenvalue weighted by atomic mass is 19.4. The van der Waals surface area contributed by atoms with Crippen LogP contribution in [0.1, 0.15) is 5.69 Å². The molecule has 3 nitrogen and oxygen atoms in total. The zero-order valence-electron chi connectivity index (χ0n) is 7.30. The Kier molecular flexibility index (Phi) is 2.65. The predicted octanol–water partition coefficient (Wildman–Crippen LogP) is 0.621. The molecule has 0 aliphatic carbocycles. The van der Waals surface area contributed by atoms with Crippen LogP contribution in [-0.2, 0) is 18.4 Å². The Morgan fingerprint density at radius 2 is 2.15 bits per heavy atom. The SMILES string of the molecule is COCc1c([B-](F)(F)F)cnn1C. The number of ether oxygens (including phenoxy) is 1. The van der Waals surface area contributed by atoms with Crippen molar-refractivity contribution in [3.05, 3.63) is 11.9 Å². The van der Waals surface area contributed by atoms with Gasteiger partial charge in [-0.25, -0.2) is 0 Å². The minimum atomic E-state index is -4.99. The Labute approximate surface area is 73.5 Å². The van der Waals surface area contributed by atoms with E-state index in [9.17, 15) is 12.9 Å². The molecule has 0 spiro atoms. The quantitative estimate of drug-likeness (QED) is 0.658. The van der Waals surface area contributed by atoms with Gasteiger partial charge in [0, 0.05) is 26.0 Å². The highest BCUT2D eigenvalue weighted by molar-refractivity contribution is 6.73. The van der Waals surface area contributed by atoms with Crippen LogP contribution in [0.2, 0.25) is 0 Å². The average Bonchev–Trinajstić information content (AvgIpc) is 2.32. The molecule has 0 radical (unpaired) electrons. The van der Waals surface area contributed by atoms with E-state index in [4.69, 9.17) is 0 Å². The van der Waals surface area contributed by atoms with Gasteiger partial charge in [-0.3, -0.25) is 4.68 Å². The maximum atomic E-state index is 12.3. The number of aryl methyl sites for hydroxylation is 1. The molecule has 0 fully saturated rings. The maximum absolute atomic E-state index is 12.3. The van der Waals surface area contributed by atoms with Gasteiger partial charge in [0.05, 0.1) is 6.61 Å². The number of halogens is 3. The summed E-state index contributed by atoms with van der Waals surface area (Å²) in [5, 5.41) is 3.53. The van der Waals surface area contributed by atoms with Crippen molar-refractivity contribution in [1.82, 2.24) is 9.78 Å². The number of hydrogen-bond donors (Lipinski definition) is 0. The van der Waals surface area contributed by atoms with Gasteiger partial charge in [-0.2, -0.15) is 5.10 Å². The second-order valence-corrected chi connectivity index (χ2v) is 2.68. The van der Waals surface area contributed by atoms with Crippen LogP contribution in [0.3, 0.4) is 0 Å². The average molecular weight is 193 g/mol. The fourth-order valence-electron chi connectivity index (χ4n) is 1.07. The third kappa shape index (κ3) is 2.03. The predicted molar refractivity (Wildman–Crippen MR) is 42.6 cm³/mol. The third-order valence-electron chi connectivity index (χ3n) is 1.73. The van der Waals surface area contributed by atoms with Gasteiger partial charge in [-0.15, -0.1) is 0 Å². The second kappa shape index (κ2) is 3.41. The molecule has 0 bridgehead atoms. The molecule has 1 aromatic heterocycles. The summed E-state index contributed by atoms with van der Waals surface area (Å²) in [5.74, 6) is 0. The van der Waals surface area contributed by atoms with E-state index in [1.165, 1.54) is 18.8 Å². The van der Waals surface area contributed by atoms with Crippen LogP contribution in [0.5, 0.6) is 0 Å². The lowest BCUT2D eigenvalue weighted by Crippen LogP contribution is -2.36. The van der Waals surface area contributed by atoms with E-state index in [2.05, 4.69) is 9.84 Å². The second-order valence-electron chi connectivity index (χ2n) is 2.68. The van der Waals surface area contributed by atoms with Crippen molar-refractivity contribution in [2.24, 2.45) is 7.05 Å². The minimum Gasteiger partial charge on any atom is -0.445 e. The summed E-state index contributed by atoms with van der Waals surface area (Å²) in [4.78, 5) is 0. The molecule has 1 rings (SSSR count). The fourth-order valence-corrected chi connectivity index (χ4v) is 1.07. The largest absolute Gasteiger partial charge is 0.513 e. The Balaban J connectivity index is 3.07. The molecule has 1 heterocycles. The molecule has 0 aliphatic rings. The monoisotopic (exact) mass is 193 g/mol. The van der Waals surface area contributed by atoms with Gasteiger partial charge in [0.1, 0.15) is 0 Å². The molecule has 0 saturated heterocycles. The Morgan fingerprint density at radius 1 is 1.54 bits per heavy atom. The van der Waals surface area contributed by atoms with Crippen molar-refractivity contribution in [3.63, 3.8) is 0 Å². The van der Waals surface area contributed by atoms with Crippen molar-refractivity contribution >= 4 is 12.4 Å². The highest BCUT2D eigenvalue weighted by Gasteiger charge is 2.30. The zero-order chi connectivity index (χ0) is 10.1. The molecular weight excluding hydrogens is 184 g/mol. The van der Waals surface area contributed by atoms with Crippen LogP contribution in [0.4, 0.5) is 12.9 Å². The normalized spacial score (nSPS) is 12.1. The number of hydrogen-bond acceptors (Lipinski definition) is 2. The van der Waals surface area contributed by atoms with Crippen molar-refractivity contribution < 1.29 is 17.7 Å². The lowest BCUT2D eigenvalue weighted by atomic mass is 9.80. The van der Waals surface area contributed by atoms with E-state index >= 15 is 0 Å². The van der Waals surface area contributed by atoms with Crippen molar-refractivity contribution in [3.8, 4) is 0 Å². The van der Waals surface area contributed by atoms with Gasteiger partial charge in [-0.05, 0) is 0 Å². The number of aromatic nitrogens is 2. The molecule has 0 N–H and O–H groups in total. The summed E-state index contributed by atoms with van der Waals surface area (Å²) in [7, 11) is 2.81. The van der Waals surface area contributed by atoms with Crippen molar-refractivity contribution in [1.29, 1.82) is 0 Å². The topological polar surface area (TPSA) is 27.1 Å². The Bertz CT molecular complexity index is 297. The van der Waals surface area contributed by atoms with Crippen LogP contribution in [0.15, 0.2) is 6.20 Å². The van der Waals surface area contributed by atoms with E-state index in [1.807, 2.05) is 0 Å². The smallest absolute Gasteiger partial charge is 0.445 e. The van der Waals surface area contributed by atoms with E-state index < -0.39 is 12.4 Å². The molecule has 0 unspecified atom stereocenters. The van der Waals surface area contributed by atoms with Gasteiger partial charge in [0.2, 0.25) is 0 Å². The van der Waals surface area contributed by atoms with E-state index in [-0.39, 0.29) is 12.3 Å². The fraction of sp³-hybridized carbons (Fsp3) is 0.500. The standard InChI is InChI=1S/C6H9BF3N2O/c1-12-6(4-13-2)5(3-11-12)7(8,9)10/h3H,4H2,1-2H3/q-1. The first-order chi connectivity index (χ1) is 5.96. The number of methoxy groups -OCH3 is 1. The van der Waals surface area contributed by atoms with E-state index in [1.54, 1.807) is 0 Å². The van der Waals surface area contributed by atoms with Crippen molar-refractivity contribution in [2.45, 2.75) is 6.61 Å². The van der Waals surface area contributed by atoms with Crippen LogP contribution in [0.25, 0.3) is 0 Å². The van der Waals surface area contributed by atoms with Gasteiger partial charge < -0.3 is 17.7 Å². The summed E-state index contributed by atoms with van der Waals surface area (Å²) in [5.41, 5.74) is -0.612. The molecular formula is C6H9BF3N2O-. The van der Waals surface area contributed by atoms with Crippen LogP contribution in [-0.4, -0.2) is 23.9 Å². The molecule has 1 aromatic rings. The van der Waals surface area contributed by atoms with Crippen LogP contribution < -0.4 is 5.46 Å². The van der Waals surface area contributed by atoms with Crippen LogP contribution in [0, 0.1) is 0 Å². The molecule has 13 heavy (non-hydrogen) atoms. The molecule has 74 valence electrons. The minimum absolute atomic E-state index is 0.0648. The van der Waals surface area contributed by atoms with Gasteiger partial charge in [0.15, 0.2) is 0 Å². The lowest BCUT2D eigenvalue weighted by molar-refractivity contribution is 0.178. The number of rotatable bonds is 3. The maximum Gasteiger partial charge on any atom is 0.513 e. The first-order valence-electron chi connectivity index (χ1n) is 3.66. The highest BCUT2D eigenvalue weighted by Crippen LogP contribution is 2.11. The first-order valence-corrected chi connectivity index (χ1v) is 3.66. The van der Waals surface area contributed by atoms with Gasteiger partial charge >= 0.3 is 6.98 Å². The van der Waals surface area contributed by atoms with E-state index in [0.717, 1.165) is 6.20 Å². The van der Waals surface area contributed by atoms with Crippen LogP contribution >= 0.6 is 0 Å². The molecule has 0 atom stereocenters. The summed E-state index contributed by atoms with van der Waals surface area (Å²) >= 11 is 0. The van der Waals surface area contributed by atoms with Crippen molar-refractivity contribution in [2.75, 3.05) is 7.11 Å². The number of nitrogens with zero attached hydrogens (tertiary/aromatic N) is 2. The Morgan fingerprint density at radius 3 is 2.62 bits per heavy atom. The van der Waals surface area contributed by atoms with E-state index in [0.29, 0.717) is 0 Å². The first kappa shape index (κ1) is 10.1. The third-order valence-corrected chi connectivity index (χ3v) is 1.73. The molecule has 0 saturated carbocycles. The zero-order valence-corrected chi connectivity index (χ0v) is 7.30.